The van der Waals surface area contributed by atoms with Crippen LogP contribution in [0.1, 0.15) is 16.7 Å². The molecule has 0 bridgehead atoms. The summed E-state index contributed by atoms with van der Waals surface area (Å²) in [6, 6.07) is 30.2. The van der Waals surface area contributed by atoms with Gasteiger partial charge in [-0.2, -0.15) is 0 Å². The summed E-state index contributed by atoms with van der Waals surface area (Å²) in [5, 5.41) is 6.86. The Labute approximate surface area is 201 Å². The first kappa shape index (κ1) is 23.2. The van der Waals surface area contributed by atoms with Gasteiger partial charge in [0.15, 0.2) is 0 Å². The molecule has 0 saturated carbocycles. The van der Waals surface area contributed by atoms with Crippen molar-refractivity contribution in [1.82, 2.24) is 5.32 Å². The molecule has 0 amide bonds. The van der Waals surface area contributed by atoms with E-state index in [0.717, 1.165) is 29.2 Å². The maximum atomic E-state index is 6.16. The van der Waals surface area contributed by atoms with Crippen molar-refractivity contribution >= 4 is 11.4 Å². The summed E-state index contributed by atoms with van der Waals surface area (Å²) in [5.41, 5.74) is 5.39. The largest absolute Gasteiger partial charge is 0.496 e. The lowest BCUT2D eigenvalue weighted by molar-refractivity contribution is 0.375. The molecule has 174 valence electrons. The van der Waals surface area contributed by atoms with Crippen molar-refractivity contribution in [2.24, 2.45) is 0 Å². The monoisotopic (exact) mass is 454 g/mol. The van der Waals surface area contributed by atoms with E-state index in [-0.39, 0.29) is 0 Å². The van der Waals surface area contributed by atoms with Gasteiger partial charge in [0.05, 0.1) is 19.8 Å². The van der Waals surface area contributed by atoms with E-state index in [1.165, 1.54) is 11.1 Å². The van der Waals surface area contributed by atoms with Crippen LogP contribution >= 0.6 is 0 Å². The van der Waals surface area contributed by atoms with Crippen LogP contribution in [-0.2, 0) is 13.1 Å². The van der Waals surface area contributed by atoms with Crippen molar-refractivity contribution in [3.63, 3.8) is 0 Å². The summed E-state index contributed by atoms with van der Waals surface area (Å²) in [6.07, 6.45) is 0. The Hall–Kier alpha value is -3.96. The van der Waals surface area contributed by atoms with Crippen molar-refractivity contribution in [3.8, 4) is 23.0 Å². The van der Waals surface area contributed by atoms with Crippen molar-refractivity contribution in [2.45, 2.75) is 20.0 Å². The SMILES string of the molecule is COc1cc(Oc2cccc(Nc3ccccc3)c2)cc(OC)c1CNCc1ccc(C)cc1. The first-order valence-corrected chi connectivity index (χ1v) is 11.3. The van der Waals surface area contributed by atoms with Gasteiger partial charge in [0.25, 0.3) is 0 Å². The second kappa shape index (κ2) is 11.3. The van der Waals surface area contributed by atoms with E-state index in [0.29, 0.717) is 23.8 Å². The Morgan fingerprint density at radius 2 is 1.32 bits per heavy atom. The van der Waals surface area contributed by atoms with Crippen LogP contribution in [-0.4, -0.2) is 14.2 Å². The van der Waals surface area contributed by atoms with E-state index in [9.17, 15) is 0 Å². The Morgan fingerprint density at radius 3 is 2.00 bits per heavy atom. The van der Waals surface area contributed by atoms with E-state index >= 15 is 0 Å². The lowest BCUT2D eigenvalue weighted by Gasteiger charge is -2.17. The number of rotatable bonds is 10. The number of methoxy groups -OCH3 is 2. The normalized spacial score (nSPS) is 10.6. The molecule has 0 aromatic heterocycles. The topological polar surface area (TPSA) is 51.8 Å². The number of ether oxygens (including phenoxy) is 3. The van der Waals surface area contributed by atoms with Gasteiger partial charge in [0, 0.05) is 42.7 Å². The van der Waals surface area contributed by atoms with Gasteiger partial charge in [-0.3, -0.25) is 0 Å². The molecule has 34 heavy (non-hydrogen) atoms. The lowest BCUT2D eigenvalue weighted by Crippen LogP contribution is -2.14. The highest BCUT2D eigenvalue weighted by Crippen LogP contribution is 2.36. The molecule has 4 rings (SSSR count). The molecule has 0 unspecified atom stereocenters. The molecular formula is C29H30N2O3. The van der Waals surface area contributed by atoms with Crippen molar-refractivity contribution in [3.05, 3.63) is 108 Å². The predicted octanol–water partition coefficient (Wildman–Crippen LogP) is 6.84. The van der Waals surface area contributed by atoms with Crippen molar-refractivity contribution in [1.29, 1.82) is 0 Å². The molecule has 2 N–H and O–H groups in total. The molecule has 5 nitrogen and oxygen atoms in total. The molecule has 0 saturated heterocycles. The average Bonchev–Trinajstić information content (AvgIpc) is 2.86. The second-order valence-corrected chi connectivity index (χ2v) is 8.02. The second-order valence-electron chi connectivity index (χ2n) is 8.02. The molecule has 0 heterocycles. The van der Waals surface area contributed by atoms with Gasteiger partial charge >= 0.3 is 0 Å². The van der Waals surface area contributed by atoms with Crippen molar-refractivity contribution < 1.29 is 14.2 Å². The van der Waals surface area contributed by atoms with Crippen LogP contribution in [0.3, 0.4) is 0 Å². The molecule has 0 fully saturated rings. The van der Waals surface area contributed by atoms with Crippen LogP contribution in [0.25, 0.3) is 0 Å². The maximum Gasteiger partial charge on any atom is 0.134 e. The summed E-state index contributed by atoms with van der Waals surface area (Å²) in [5.74, 6) is 2.79. The molecule has 0 aliphatic carbocycles. The highest BCUT2D eigenvalue weighted by molar-refractivity contribution is 5.61. The number of para-hydroxylation sites is 1. The van der Waals surface area contributed by atoms with Gasteiger partial charge in [-0.25, -0.2) is 0 Å². The van der Waals surface area contributed by atoms with Crippen LogP contribution in [0.4, 0.5) is 11.4 Å². The van der Waals surface area contributed by atoms with Crippen molar-refractivity contribution in [2.75, 3.05) is 19.5 Å². The van der Waals surface area contributed by atoms with E-state index < -0.39 is 0 Å². The number of nitrogens with one attached hydrogen (secondary N) is 2. The Morgan fingerprint density at radius 1 is 0.647 bits per heavy atom. The van der Waals surface area contributed by atoms with E-state index in [1.807, 2.05) is 66.7 Å². The third-order valence-electron chi connectivity index (χ3n) is 5.47. The summed E-state index contributed by atoms with van der Waals surface area (Å²) in [4.78, 5) is 0. The van der Waals surface area contributed by atoms with Gasteiger partial charge in [-0.1, -0.05) is 54.1 Å². The fourth-order valence-electron chi connectivity index (χ4n) is 3.69. The maximum absolute atomic E-state index is 6.16. The molecule has 0 atom stereocenters. The van der Waals surface area contributed by atoms with Gasteiger partial charge in [0.1, 0.15) is 23.0 Å². The van der Waals surface area contributed by atoms with Crippen LogP contribution in [0.15, 0.2) is 91.0 Å². The molecular weight excluding hydrogens is 424 g/mol. The molecule has 5 heteroatoms. The van der Waals surface area contributed by atoms with Gasteiger partial charge < -0.3 is 24.8 Å². The Balaban J connectivity index is 1.47. The molecule has 0 radical (unpaired) electrons. The van der Waals surface area contributed by atoms with E-state index in [4.69, 9.17) is 14.2 Å². The minimum Gasteiger partial charge on any atom is -0.496 e. The number of aryl methyl sites for hydroxylation is 1. The minimum atomic E-state index is 0.608. The summed E-state index contributed by atoms with van der Waals surface area (Å²) in [7, 11) is 3.32. The number of anilines is 2. The number of hydrogen-bond acceptors (Lipinski definition) is 5. The van der Waals surface area contributed by atoms with Crippen LogP contribution in [0.5, 0.6) is 23.0 Å². The van der Waals surface area contributed by atoms with Crippen LogP contribution in [0, 0.1) is 6.92 Å². The van der Waals surface area contributed by atoms with Gasteiger partial charge in [-0.05, 0) is 36.8 Å². The van der Waals surface area contributed by atoms with E-state index in [1.54, 1.807) is 14.2 Å². The minimum absolute atomic E-state index is 0.608. The standard InChI is InChI=1S/C29H30N2O3/c1-21-12-14-22(15-13-21)19-30-20-27-28(32-2)17-26(18-29(27)33-3)34-25-11-7-10-24(16-25)31-23-8-5-4-6-9-23/h4-18,30-31H,19-20H2,1-3H3. The highest BCUT2D eigenvalue weighted by Gasteiger charge is 2.14. The van der Waals surface area contributed by atoms with Crippen LogP contribution in [0.2, 0.25) is 0 Å². The average molecular weight is 455 g/mol. The summed E-state index contributed by atoms with van der Waals surface area (Å²) in [6.45, 7) is 3.45. The zero-order valence-electron chi connectivity index (χ0n) is 19.8. The Kier molecular flexibility index (Phi) is 7.68. The number of benzene rings is 4. The summed E-state index contributed by atoms with van der Waals surface area (Å²) < 4.78 is 17.5. The first-order valence-electron chi connectivity index (χ1n) is 11.3. The Bertz CT molecular complexity index is 1180. The molecule has 0 aliphatic rings. The first-order chi connectivity index (χ1) is 16.6. The lowest BCUT2D eigenvalue weighted by atomic mass is 10.1. The van der Waals surface area contributed by atoms with Gasteiger partial charge in [-0.15, -0.1) is 0 Å². The zero-order valence-corrected chi connectivity index (χ0v) is 19.8. The summed E-state index contributed by atoms with van der Waals surface area (Å²) >= 11 is 0. The predicted molar refractivity (Wildman–Crippen MR) is 138 cm³/mol. The molecule has 4 aromatic rings. The molecule has 4 aromatic carbocycles. The fraction of sp³-hybridized carbons (Fsp3) is 0.172. The van der Waals surface area contributed by atoms with Gasteiger partial charge in [0.2, 0.25) is 0 Å². The van der Waals surface area contributed by atoms with E-state index in [2.05, 4.69) is 41.8 Å². The third kappa shape index (κ3) is 6.09. The fourth-order valence-corrected chi connectivity index (χ4v) is 3.69. The smallest absolute Gasteiger partial charge is 0.134 e. The third-order valence-corrected chi connectivity index (χ3v) is 5.47. The highest BCUT2D eigenvalue weighted by atomic mass is 16.5. The quantitative estimate of drug-likeness (QED) is 0.275. The molecule has 0 spiro atoms. The molecule has 0 aliphatic heterocycles. The van der Waals surface area contributed by atoms with Crippen LogP contribution < -0.4 is 24.8 Å². The zero-order chi connectivity index (χ0) is 23.8. The number of hydrogen-bond donors (Lipinski definition) is 2.